The molecule has 68 valence electrons. The van der Waals surface area contributed by atoms with Gasteiger partial charge in [-0.25, -0.2) is 4.39 Å². The van der Waals surface area contributed by atoms with Crippen LogP contribution < -0.4 is 9.64 Å². The Hall–Kier alpha value is -1.76. The summed E-state index contributed by atoms with van der Waals surface area (Å²) >= 11 is 0. The van der Waals surface area contributed by atoms with E-state index in [2.05, 4.69) is 0 Å². The first-order chi connectivity index (χ1) is 6.19. The van der Waals surface area contributed by atoms with Crippen molar-refractivity contribution in [1.82, 2.24) is 0 Å². The summed E-state index contributed by atoms with van der Waals surface area (Å²) in [6.07, 6.45) is 1.87. The van der Waals surface area contributed by atoms with E-state index in [1.54, 1.807) is 0 Å². The highest BCUT2D eigenvalue weighted by atomic mass is 19.1. The molecule has 0 spiro atoms. The predicted octanol–water partition coefficient (Wildman–Crippen LogP) is 1.75. The molecule has 0 aromatic heterocycles. The predicted molar refractivity (Wildman–Crippen MR) is 47.0 cm³/mol. The molecule has 0 aliphatic carbocycles. The van der Waals surface area contributed by atoms with E-state index in [0.717, 1.165) is 0 Å². The van der Waals surface area contributed by atoms with Crippen LogP contribution >= 0.6 is 0 Å². The molecule has 0 radical (unpaired) electrons. The number of halogens is 1. The van der Waals surface area contributed by atoms with Crippen molar-refractivity contribution < 1.29 is 9.13 Å². The molecule has 0 aliphatic heterocycles. The van der Waals surface area contributed by atoms with Crippen molar-refractivity contribution in [3.8, 4) is 11.9 Å². The Balaban J connectivity index is 3.17. The molecule has 0 unspecified atom stereocenters. The first kappa shape index (κ1) is 9.33. The molecule has 0 aliphatic rings. The third kappa shape index (κ3) is 1.88. The van der Waals surface area contributed by atoms with Gasteiger partial charge in [0.25, 0.3) is 0 Å². The Kier molecular flexibility index (Phi) is 2.70. The monoisotopic (exact) mass is 180 g/mol. The smallest absolute Gasteiger partial charge is 0.184 e. The van der Waals surface area contributed by atoms with E-state index in [4.69, 9.17) is 10.00 Å². The Morgan fingerprint density at radius 3 is 2.77 bits per heavy atom. The maximum atomic E-state index is 12.8. The van der Waals surface area contributed by atoms with Crippen LogP contribution in [0.25, 0.3) is 0 Å². The average Bonchev–Trinajstić information content (AvgIpc) is 2.16. The average molecular weight is 180 g/mol. The number of anilines is 1. The van der Waals surface area contributed by atoms with E-state index in [1.807, 2.05) is 6.19 Å². The van der Waals surface area contributed by atoms with Gasteiger partial charge in [0.15, 0.2) is 6.19 Å². The highest BCUT2D eigenvalue weighted by molar-refractivity contribution is 5.60. The van der Waals surface area contributed by atoms with Gasteiger partial charge in [0.05, 0.1) is 12.8 Å². The van der Waals surface area contributed by atoms with Crippen molar-refractivity contribution in [2.75, 3.05) is 19.1 Å². The molecule has 0 saturated heterocycles. The normalized spacial score (nSPS) is 9.08. The number of benzene rings is 1. The second-order valence-electron chi connectivity index (χ2n) is 2.48. The molecule has 0 saturated carbocycles. The van der Waals surface area contributed by atoms with Gasteiger partial charge >= 0.3 is 0 Å². The number of rotatable bonds is 2. The van der Waals surface area contributed by atoms with Gasteiger partial charge in [0.2, 0.25) is 0 Å². The van der Waals surface area contributed by atoms with Gasteiger partial charge in [-0.15, -0.1) is 0 Å². The van der Waals surface area contributed by atoms with Crippen molar-refractivity contribution in [1.29, 1.82) is 5.26 Å². The molecule has 4 heteroatoms. The molecule has 13 heavy (non-hydrogen) atoms. The largest absolute Gasteiger partial charge is 0.495 e. The highest BCUT2D eigenvalue weighted by Gasteiger charge is 2.08. The number of methoxy groups -OCH3 is 1. The standard InChI is InChI=1S/C9H9FN2O/c1-12(6-11)8-5-7(10)3-4-9(8)13-2/h3-5H,1-2H3. The third-order valence-electron chi connectivity index (χ3n) is 1.65. The molecule has 0 fully saturated rings. The Bertz CT molecular complexity index is 346. The fourth-order valence-electron chi connectivity index (χ4n) is 0.979. The van der Waals surface area contributed by atoms with E-state index in [1.165, 1.54) is 37.3 Å². The highest BCUT2D eigenvalue weighted by Crippen LogP contribution is 2.27. The second kappa shape index (κ2) is 3.76. The lowest BCUT2D eigenvalue weighted by Crippen LogP contribution is -2.09. The van der Waals surface area contributed by atoms with Crippen molar-refractivity contribution in [3.05, 3.63) is 24.0 Å². The molecule has 1 rings (SSSR count). The first-order valence-electron chi connectivity index (χ1n) is 3.66. The maximum Gasteiger partial charge on any atom is 0.184 e. The fraction of sp³-hybridized carbons (Fsp3) is 0.222. The summed E-state index contributed by atoms with van der Waals surface area (Å²) in [4.78, 5) is 1.24. The molecular weight excluding hydrogens is 171 g/mol. The van der Waals surface area contributed by atoms with Crippen molar-refractivity contribution in [2.45, 2.75) is 0 Å². The van der Waals surface area contributed by atoms with Crippen LogP contribution in [0.5, 0.6) is 5.75 Å². The summed E-state index contributed by atoms with van der Waals surface area (Å²) < 4.78 is 17.8. The molecule has 0 atom stereocenters. The Labute approximate surface area is 76.0 Å². The summed E-state index contributed by atoms with van der Waals surface area (Å²) in [5.41, 5.74) is 0.421. The van der Waals surface area contributed by atoms with Gasteiger partial charge in [-0.2, -0.15) is 5.26 Å². The molecule has 3 nitrogen and oxygen atoms in total. The van der Waals surface area contributed by atoms with Crippen LogP contribution in [0.4, 0.5) is 10.1 Å². The van der Waals surface area contributed by atoms with Crippen molar-refractivity contribution in [3.63, 3.8) is 0 Å². The summed E-state index contributed by atoms with van der Waals surface area (Å²) in [6.45, 7) is 0. The van der Waals surface area contributed by atoms with E-state index >= 15 is 0 Å². The van der Waals surface area contributed by atoms with Crippen LogP contribution in [0.15, 0.2) is 18.2 Å². The minimum Gasteiger partial charge on any atom is -0.495 e. The minimum absolute atomic E-state index is 0.391. The maximum absolute atomic E-state index is 12.8. The van der Waals surface area contributed by atoms with Gasteiger partial charge < -0.3 is 4.74 Å². The van der Waals surface area contributed by atoms with E-state index < -0.39 is 5.82 Å². The zero-order valence-corrected chi connectivity index (χ0v) is 7.41. The molecule has 1 aromatic rings. The molecule has 1 aromatic carbocycles. The fourth-order valence-corrected chi connectivity index (χ4v) is 0.979. The van der Waals surface area contributed by atoms with Gasteiger partial charge in [0, 0.05) is 13.1 Å². The Morgan fingerprint density at radius 2 is 2.23 bits per heavy atom. The number of nitrogens with zero attached hydrogens (tertiary/aromatic N) is 2. The number of nitriles is 1. The third-order valence-corrected chi connectivity index (χ3v) is 1.65. The van der Waals surface area contributed by atoms with Crippen LogP contribution in [0.3, 0.4) is 0 Å². The SMILES string of the molecule is COc1ccc(F)cc1N(C)C#N. The molecule has 0 heterocycles. The van der Waals surface area contributed by atoms with Crippen LogP contribution in [0.2, 0.25) is 0 Å². The molecule has 0 N–H and O–H groups in total. The number of hydrogen-bond donors (Lipinski definition) is 0. The van der Waals surface area contributed by atoms with Gasteiger partial charge in [-0.05, 0) is 12.1 Å². The van der Waals surface area contributed by atoms with Crippen LogP contribution in [-0.4, -0.2) is 14.2 Å². The molecule has 0 amide bonds. The van der Waals surface area contributed by atoms with E-state index in [-0.39, 0.29) is 0 Å². The van der Waals surface area contributed by atoms with E-state index in [0.29, 0.717) is 11.4 Å². The van der Waals surface area contributed by atoms with Gasteiger partial charge in [0.1, 0.15) is 11.6 Å². The van der Waals surface area contributed by atoms with E-state index in [9.17, 15) is 4.39 Å². The van der Waals surface area contributed by atoms with Crippen LogP contribution in [0.1, 0.15) is 0 Å². The van der Waals surface area contributed by atoms with Gasteiger partial charge in [-0.3, -0.25) is 4.90 Å². The van der Waals surface area contributed by atoms with Gasteiger partial charge in [-0.1, -0.05) is 0 Å². The van der Waals surface area contributed by atoms with Crippen LogP contribution in [0, 0.1) is 17.3 Å². The zero-order chi connectivity index (χ0) is 9.84. The second-order valence-corrected chi connectivity index (χ2v) is 2.48. The van der Waals surface area contributed by atoms with Crippen molar-refractivity contribution in [2.24, 2.45) is 0 Å². The summed E-state index contributed by atoms with van der Waals surface area (Å²) in [6, 6.07) is 4.02. The summed E-state index contributed by atoms with van der Waals surface area (Å²) in [5.74, 6) is 0.0864. The summed E-state index contributed by atoms with van der Waals surface area (Å²) in [5, 5.41) is 8.60. The zero-order valence-electron chi connectivity index (χ0n) is 7.41. The topological polar surface area (TPSA) is 36.3 Å². The summed E-state index contributed by atoms with van der Waals surface area (Å²) in [7, 11) is 3.01. The lowest BCUT2D eigenvalue weighted by atomic mass is 10.2. The first-order valence-corrected chi connectivity index (χ1v) is 3.66. The van der Waals surface area contributed by atoms with Crippen LogP contribution in [-0.2, 0) is 0 Å². The number of ether oxygens (including phenoxy) is 1. The molecular formula is C9H9FN2O. The lowest BCUT2D eigenvalue weighted by Gasteiger charge is -2.12. The molecule has 0 bridgehead atoms. The lowest BCUT2D eigenvalue weighted by molar-refractivity contribution is 0.414. The number of hydrogen-bond acceptors (Lipinski definition) is 3. The Morgan fingerprint density at radius 1 is 1.54 bits per heavy atom. The minimum atomic E-state index is -0.391. The van der Waals surface area contributed by atoms with Crippen molar-refractivity contribution >= 4 is 5.69 Å². The quantitative estimate of drug-likeness (QED) is 0.514.